The molecule has 3 nitrogen and oxygen atoms in total. The molecule has 1 heterocycles. The van der Waals surface area contributed by atoms with Crippen molar-refractivity contribution in [3.8, 4) is 16.9 Å². The molecule has 0 unspecified atom stereocenters. The first-order chi connectivity index (χ1) is 11.6. The van der Waals surface area contributed by atoms with Gasteiger partial charge in [-0.05, 0) is 42.1 Å². The lowest BCUT2D eigenvalue weighted by atomic mass is 10.0. The molecule has 0 saturated heterocycles. The predicted octanol–water partition coefficient (Wildman–Crippen LogP) is 5.64. The lowest BCUT2D eigenvalue weighted by Crippen LogP contribution is -2.11. The van der Waals surface area contributed by atoms with Gasteiger partial charge in [0.2, 0.25) is 0 Å². The second kappa shape index (κ2) is 7.07. The van der Waals surface area contributed by atoms with Crippen molar-refractivity contribution in [2.45, 2.75) is 6.92 Å². The van der Waals surface area contributed by atoms with E-state index in [4.69, 9.17) is 16.3 Å². The number of carbonyl (C=O) groups excluding carboxylic acids is 1. The minimum atomic E-state index is -0.151. The Morgan fingerprint density at radius 1 is 1.12 bits per heavy atom. The maximum Gasteiger partial charge on any atom is 0.266 e. The van der Waals surface area contributed by atoms with Gasteiger partial charge in [0.1, 0.15) is 5.75 Å². The fraction of sp³-hybridized carbons (Fsp3) is 0.105. The number of nitrogens with one attached hydrogen (secondary N) is 1. The van der Waals surface area contributed by atoms with Crippen LogP contribution in [0.15, 0.2) is 53.9 Å². The molecule has 0 aliphatic carbocycles. The van der Waals surface area contributed by atoms with Gasteiger partial charge in [0, 0.05) is 11.3 Å². The topological polar surface area (TPSA) is 38.3 Å². The van der Waals surface area contributed by atoms with Gasteiger partial charge in [-0.3, -0.25) is 4.79 Å². The second-order valence-electron chi connectivity index (χ2n) is 5.33. The zero-order chi connectivity index (χ0) is 17.1. The van der Waals surface area contributed by atoms with Crippen LogP contribution in [0.1, 0.15) is 15.2 Å². The van der Waals surface area contributed by atoms with E-state index in [1.54, 1.807) is 25.3 Å². The zero-order valence-electron chi connectivity index (χ0n) is 13.3. The molecule has 0 radical (unpaired) electrons. The Hall–Kier alpha value is -2.30. The minimum Gasteiger partial charge on any atom is -0.495 e. The van der Waals surface area contributed by atoms with Crippen LogP contribution in [0.2, 0.25) is 5.02 Å². The first-order valence-electron chi connectivity index (χ1n) is 7.38. The van der Waals surface area contributed by atoms with Crippen LogP contribution in [-0.2, 0) is 0 Å². The van der Waals surface area contributed by atoms with Gasteiger partial charge in [-0.15, -0.1) is 11.3 Å². The number of hydrogen-bond acceptors (Lipinski definition) is 3. The lowest BCUT2D eigenvalue weighted by molar-refractivity contribution is 0.103. The standard InChI is InChI=1S/C19H16ClNO2S/c1-12-3-5-13(6-4-12)15-9-10-24-18(15)19(22)21-14-7-8-17(23-2)16(20)11-14/h3-11H,1-2H3,(H,21,22). The third kappa shape index (κ3) is 3.45. The molecular weight excluding hydrogens is 342 g/mol. The summed E-state index contributed by atoms with van der Waals surface area (Å²) in [6.07, 6.45) is 0. The number of amides is 1. The van der Waals surface area contributed by atoms with Crippen molar-refractivity contribution in [3.05, 3.63) is 69.4 Å². The summed E-state index contributed by atoms with van der Waals surface area (Å²) in [6.45, 7) is 2.04. The number of benzene rings is 2. The van der Waals surface area contributed by atoms with Gasteiger partial charge in [-0.25, -0.2) is 0 Å². The third-order valence-electron chi connectivity index (χ3n) is 3.64. The molecule has 0 fully saturated rings. The van der Waals surface area contributed by atoms with E-state index in [0.29, 0.717) is 21.3 Å². The number of hydrogen-bond donors (Lipinski definition) is 1. The van der Waals surface area contributed by atoms with Crippen LogP contribution in [-0.4, -0.2) is 13.0 Å². The Kier molecular flexibility index (Phi) is 4.88. The molecule has 24 heavy (non-hydrogen) atoms. The molecule has 1 N–H and O–H groups in total. The fourth-order valence-corrected chi connectivity index (χ4v) is 3.45. The van der Waals surface area contributed by atoms with Crippen molar-refractivity contribution < 1.29 is 9.53 Å². The Morgan fingerprint density at radius 3 is 2.54 bits per heavy atom. The molecule has 1 aromatic heterocycles. The summed E-state index contributed by atoms with van der Waals surface area (Å²) in [6, 6.07) is 15.3. The minimum absolute atomic E-state index is 0.151. The summed E-state index contributed by atoms with van der Waals surface area (Å²) in [5.74, 6) is 0.424. The maximum absolute atomic E-state index is 12.6. The Morgan fingerprint density at radius 2 is 1.88 bits per heavy atom. The van der Waals surface area contributed by atoms with Crippen LogP contribution < -0.4 is 10.1 Å². The number of thiophene rings is 1. The second-order valence-corrected chi connectivity index (χ2v) is 6.66. The summed E-state index contributed by atoms with van der Waals surface area (Å²) in [4.78, 5) is 13.3. The summed E-state index contributed by atoms with van der Waals surface area (Å²) in [5.41, 5.74) is 3.78. The van der Waals surface area contributed by atoms with Crippen molar-refractivity contribution in [2.24, 2.45) is 0 Å². The van der Waals surface area contributed by atoms with Gasteiger partial charge in [-0.1, -0.05) is 41.4 Å². The maximum atomic E-state index is 12.6. The molecule has 0 aliphatic rings. The van der Waals surface area contributed by atoms with Crippen LogP contribution in [0.25, 0.3) is 11.1 Å². The molecule has 0 atom stereocenters. The van der Waals surface area contributed by atoms with Gasteiger partial charge < -0.3 is 10.1 Å². The zero-order valence-corrected chi connectivity index (χ0v) is 14.9. The first kappa shape index (κ1) is 16.6. The first-order valence-corrected chi connectivity index (χ1v) is 8.63. The Balaban J connectivity index is 1.85. The van der Waals surface area contributed by atoms with E-state index in [2.05, 4.69) is 5.32 Å². The largest absolute Gasteiger partial charge is 0.495 e. The van der Waals surface area contributed by atoms with E-state index in [0.717, 1.165) is 11.1 Å². The highest BCUT2D eigenvalue weighted by atomic mass is 35.5. The van der Waals surface area contributed by atoms with Gasteiger partial charge in [-0.2, -0.15) is 0 Å². The summed E-state index contributed by atoms with van der Waals surface area (Å²) in [7, 11) is 1.55. The summed E-state index contributed by atoms with van der Waals surface area (Å²) in [5, 5.41) is 5.27. The SMILES string of the molecule is COc1ccc(NC(=O)c2sccc2-c2ccc(C)cc2)cc1Cl. The number of carbonyl (C=O) groups is 1. The van der Waals surface area contributed by atoms with Crippen LogP contribution in [0.4, 0.5) is 5.69 Å². The number of anilines is 1. The molecule has 122 valence electrons. The molecule has 1 amide bonds. The number of methoxy groups -OCH3 is 1. The molecule has 0 saturated carbocycles. The fourth-order valence-electron chi connectivity index (χ4n) is 2.38. The highest BCUT2D eigenvalue weighted by Crippen LogP contribution is 2.31. The van der Waals surface area contributed by atoms with Crippen LogP contribution in [0.5, 0.6) is 5.75 Å². The van der Waals surface area contributed by atoms with Crippen LogP contribution in [0.3, 0.4) is 0 Å². The molecule has 3 rings (SSSR count). The van der Waals surface area contributed by atoms with Crippen LogP contribution in [0, 0.1) is 6.92 Å². The average molecular weight is 358 g/mol. The molecular formula is C19H16ClNO2S. The lowest BCUT2D eigenvalue weighted by Gasteiger charge is -2.09. The van der Waals surface area contributed by atoms with Crippen molar-refractivity contribution >= 4 is 34.5 Å². The number of ether oxygens (including phenoxy) is 1. The Labute approximate surface area is 149 Å². The van der Waals surface area contributed by atoms with Gasteiger partial charge in [0.25, 0.3) is 5.91 Å². The predicted molar refractivity (Wildman–Crippen MR) is 100 cm³/mol. The van der Waals surface area contributed by atoms with E-state index >= 15 is 0 Å². The Bertz CT molecular complexity index is 871. The van der Waals surface area contributed by atoms with Gasteiger partial charge in [0.05, 0.1) is 17.0 Å². The highest BCUT2D eigenvalue weighted by Gasteiger charge is 2.15. The third-order valence-corrected chi connectivity index (χ3v) is 4.85. The summed E-state index contributed by atoms with van der Waals surface area (Å²) < 4.78 is 5.12. The van der Waals surface area contributed by atoms with Crippen LogP contribution >= 0.6 is 22.9 Å². The van der Waals surface area contributed by atoms with Crippen molar-refractivity contribution in [2.75, 3.05) is 12.4 Å². The molecule has 3 aromatic rings. The summed E-state index contributed by atoms with van der Waals surface area (Å²) >= 11 is 7.52. The van der Waals surface area contributed by atoms with E-state index in [1.165, 1.54) is 16.9 Å². The number of halogens is 1. The number of aryl methyl sites for hydroxylation is 1. The van der Waals surface area contributed by atoms with Crippen molar-refractivity contribution in [3.63, 3.8) is 0 Å². The average Bonchev–Trinajstić information content (AvgIpc) is 3.05. The van der Waals surface area contributed by atoms with E-state index in [-0.39, 0.29) is 5.91 Å². The van der Waals surface area contributed by atoms with Crippen molar-refractivity contribution in [1.82, 2.24) is 0 Å². The number of rotatable bonds is 4. The quantitative estimate of drug-likeness (QED) is 0.656. The van der Waals surface area contributed by atoms with E-state index < -0.39 is 0 Å². The van der Waals surface area contributed by atoms with E-state index in [9.17, 15) is 4.79 Å². The van der Waals surface area contributed by atoms with Crippen molar-refractivity contribution in [1.29, 1.82) is 0 Å². The monoisotopic (exact) mass is 357 g/mol. The molecule has 0 bridgehead atoms. The highest BCUT2D eigenvalue weighted by molar-refractivity contribution is 7.12. The molecule has 0 spiro atoms. The normalized spacial score (nSPS) is 10.5. The van der Waals surface area contributed by atoms with Gasteiger partial charge in [0.15, 0.2) is 0 Å². The molecule has 5 heteroatoms. The molecule has 0 aliphatic heterocycles. The molecule has 2 aromatic carbocycles. The smallest absolute Gasteiger partial charge is 0.266 e. The van der Waals surface area contributed by atoms with E-state index in [1.807, 2.05) is 42.6 Å². The van der Waals surface area contributed by atoms with Gasteiger partial charge >= 0.3 is 0 Å².